The molecule has 1 saturated heterocycles. The molecule has 1 aliphatic rings. The van der Waals surface area contributed by atoms with Crippen molar-refractivity contribution in [1.29, 1.82) is 0 Å². The SMILES string of the molecule is Cc1cc(N)nn1C(=O)CSc1nc2ccccc2c(=O)n1CCCC(=O)N1CCCC1. The average molecular weight is 455 g/mol. The van der Waals surface area contributed by atoms with Crippen LogP contribution in [0.2, 0.25) is 0 Å². The molecule has 0 radical (unpaired) electrons. The minimum absolute atomic E-state index is 0.0550. The van der Waals surface area contributed by atoms with E-state index in [-0.39, 0.29) is 28.9 Å². The lowest BCUT2D eigenvalue weighted by atomic mass is 10.2. The van der Waals surface area contributed by atoms with Crippen LogP contribution in [0, 0.1) is 6.92 Å². The number of nitrogen functional groups attached to an aromatic ring is 1. The molecule has 9 nitrogen and oxygen atoms in total. The number of hydrogen-bond acceptors (Lipinski definition) is 7. The van der Waals surface area contributed by atoms with Crippen molar-refractivity contribution < 1.29 is 9.59 Å². The van der Waals surface area contributed by atoms with E-state index in [1.807, 2.05) is 11.0 Å². The van der Waals surface area contributed by atoms with E-state index in [0.29, 0.717) is 41.1 Å². The summed E-state index contributed by atoms with van der Waals surface area (Å²) < 4.78 is 2.84. The maximum atomic E-state index is 13.1. The van der Waals surface area contributed by atoms with Gasteiger partial charge in [-0.1, -0.05) is 23.9 Å². The standard InChI is InChI=1S/C22H26N6O3S/c1-15-13-18(23)25-28(15)20(30)14-32-22-24-17-8-3-2-7-16(17)21(31)27(22)12-6-9-19(29)26-10-4-5-11-26/h2-3,7-8,13H,4-6,9-12,14H2,1H3,(H2,23,25). The number of rotatable bonds is 7. The number of aromatic nitrogens is 4. The molecule has 2 N–H and O–H groups in total. The summed E-state index contributed by atoms with van der Waals surface area (Å²) in [5, 5.41) is 4.99. The van der Waals surface area contributed by atoms with Crippen LogP contribution in [0.3, 0.4) is 0 Å². The van der Waals surface area contributed by atoms with Crippen LogP contribution in [0.5, 0.6) is 0 Å². The van der Waals surface area contributed by atoms with Gasteiger partial charge in [0.15, 0.2) is 5.16 Å². The number of carbonyl (C=O) groups is 2. The summed E-state index contributed by atoms with van der Waals surface area (Å²) >= 11 is 1.19. The van der Waals surface area contributed by atoms with Crippen LogP contribution in [-0.2, 0) is 11.3 Å². The normalized spacial score (nSPS) is 13.7. The summed E-state index contributed by atoms with van der Waals surface area (Å²) in [4.78, 5) is 44.7. The predicted octanol–water partition coefficient (Wildman–Crippen LogP) is 2.32. The number of thioether (sulfide) groups is 1. The fraction of sp³-hybridized carbons (Fsp3) is 0.409. The van der Waals surface area contributed by atoms with E-state index in [0.717, 1.165) is 25.9 Å². The fourth-order valence-electron chi connectivity index (χ4n) is 3.91. The first-order valence-electron chi connectivity index (χ1n) is 10.7. The van der Waals surface area contributed by atoms with Crippen LogP contribution in [0.25, 0.3) is 10.9 Å². The van der Waals surface area contributed by atoms with Crippen molar-refractivity contribution in [2.75, 3.05) is 24.6 Å². The molecule has 1 aliphatic heterocycles. The second-order valence-electron chi connectivity index (χ2n) is 7.86. The number of fused-ring (bicyclic) bond motifs is 1. The quantitative estimate of drug-likeness (QED) is 0.430. The molecule has 10 heteroatoms. The van der Waals surface area contributed by atoms with Crippen LogP contribution < -0.4 is 11.3 Å². The monoisotopic (exact) mass is 454 g/mol. The first-order valence-corrected chi connectivity index (χ1v) is 11.7. The van der Waals surface area contributed by atoms with E-state index in [2.05, 4.69) is 10.1 Å². The number of para-hydroxylation sites is 1. The first kappa shape index (κ1) is 22.1. The summed E-state index contributed by atoms with van der Waals surface area (Å²) in [6.07, 6.45) is 3.02. The Morgan fingerprint density at radius 3 is 2.62 bits per heavy atom. The third kappa shape index (κ3) is 4.69. The van der Waals surface area contributed by atoms with Gasteiger partial charge in [-0.25, -0.2) is 9.67 Å². The van der Waals surface area contributed by atoms with Crippen molar-refractivity contribution >= 4 is 40.3 Å². The Balaban J connectivity index is 1.53. The third-order valence-electron chi connectivity index (χ3n) is 5.53. The number of aryl methyl sites for hydroxylation is 1. The van der Waals surface area contributed by atoms with Crippen molar-refractivity contribution in [3.8, 4) is 0 Å². The van der Waals surface area contributed by atoms with E-state index in [4.69, 9.17) is 5.73 Å². The van der Waals surface area contributed by atoms with Crippen LogP contribution >= 0.6 is 11.8 Å². The van der Waals surface area contributed by atoms with Crippen LogP contribution in [0.4, 0.5) is 5.82 Å². The Bertz CT molecular complexity index is 1210. The smallest absolute Gasteiger partial charge is 0.262 e. The van der Waals surface area contributed by atoms with E-state index in [1.165, 1.54) is 16.4 Å². The lowest BCUT2D eigenvalue weighted by molar-refractivity contribution is -0.130. The number of hydrogen-bond donors (Lipinski definition) is 1. The summed E-state index contributed by atoms with van der Waals surface area (Å²) in [5.41, 5.74) is 6.74. The molecule has 168 valence electrons. The Labute approximate surface area is 189 Å². The molecule has 0 unspecified atom stereocenters. The first-order chi connectivity index (χ1) is 15.4. The van der Waals surface area contributed by atoms with Gasteiger partial charge in [0.1, 0.15) is 5.82 Å². The second kappa shape index (κ2) is 9.56. The van der Waals surface area contributed by atoms with Crippen LogP contribution in [0.15, 0.2) is 40.3 Å². The van der Waals surface area contributed by atoms with Gasteiger partial charge in [0, 0.05) is 37.8 Å². The van der Waals surface area contributed by atoms with Crippen molar-refractivity contribution in [3.05, 3.63) is 46.4 Å². The number of benzene rings is 1. The van der Waals surface area contributed by atoms with E-state index >= 15 is 0 Å². The highest BCUT2D eigenvalue weighted by molar-refractivity contribution is 7.99. The Hall–Kier alpha value is -3.14. The lowest BCUT2D eigenvalue weighted by Gasteiger charge is -2.16. The van der Waals surface area contributed by atoms with Crippen molar-refractivity contribution in [1.82, 2.24) is 24.2 Å². The summed E-state index contributed by atoms with van der Waals surface area (Å²) in [6.45, 7) is 3.75. The van der Waals surface area contributed by atoms with Crippen LogP contribution in [-0.4, -0.2) is 54.9 Å². The van der Waals surface area contributed by atoms with E-state index in [1.54, 1.807) is 35.8 Å². The minimum atomic E-state index is -0.248. The van der Waals surface area contributed by atoms with Gasteiger partial charge in [-0.05, 0) is 38.3 Å². The Kier molecular flexibility index (Phi) is 6.59. The molecule has 0 saturated carbocycles. The van der Waals surface area contributed by atoms with E-state index < -0.39 is 0 Å². The number of nitrogens with two attached hydrogens (primary N) is 1. The van der Waals surface area contributed by atoms with Gasteiger partial charge in [-0.2, -0.15) is 0 Å². The fourth-order valence-corrected chi connectivity index (χ4v) is 4.77. The van der Waals surface area contributed by atoms with Gasteiger partial charge in [0.2, 0.25) is 5.91 Å². The molecule has 32 heavy (non-hydrogen) atoms. The molecule has 0 atom stereocenters. The van der Waals surface area contributed by atoms with Gasteiger partial charge in [0.05, 0.1) is 16.7 Å². The number of anilines is 1. The summed E-state index contributed by atoms with van der Waals surface area (Å²) in [5.74, 6) is 0.214. The molecule has 1 fully saturated rings. The van der Waals surface area contributed by atoms with Gasteiger partial charge in [-0.15, -0.1) is 5.10 Å². The zero-order valence-corrected chi connectivity index (χ0v) is 18.8. The molecule has 0 aliphatic carbocycles. The van der Waals surface area contributed by atoms with Gasteiger partial charge in [-0.3, -0.25) is 19.0 Å². The van der Waals surface area contributed by atoms with Crippen LogP contribution in [0.1, 0.15) is 36.2 Å². The molecule has 0 spiro atoms. The highest BCUT2D eigenvalue weighted by Gasteiger charge is 2.19. The molecule has 4 rings (SSSR count). The maximum Gasteiger partial charge on any atom is 0.262 e. The lowest BCUT2D eigenvalue weighted by Crippen LogP contribution is -2.29. The third-order valence-corrected chi connectivity index (χ3v) is 6.49. The topological polar surface area (TPSA) is 116 Å². The van der Waals surface area contributed by atoms with Crippen molar-refractivity contribution in [3.63, 3.8) is 0 Å². The molecule has 1 amide bonds. The molecular formula is C22H26N6O3S. The number of likely N-dealkylation sites (tertiary alicyclic amines) is 1. The van der Waals surface area contributed by atoms with Gasteiger partial charge < -0.3 is 10.6 Å². The molecule has 0 bridgehead atoms. The summed E-state index contributed by atoms with van der Waals surface area (Å²) in [6, 6.07) is 8.77. The number of carbonyl (C=O) groups excluding carboxylic acids is 2. The molecule has 3 aromatic rings. The molecule has 1 aromatic carbocycles. The van der Waals surface area contributed by atoms with Crippen molar-refractivity contribution in [2.45, 2.75) is 44.3 Å². The maximum absolute atomic E-state index is 13.1. The molecule has 2 aromatic heterocycles. The second-order valence-corrected chi connectivity index (χ2v) is 8.81. The average Bonchev–Trinajstić information content (AvgIpc) is 3.43. The number of amides is 1. The highest BCUT2D eigenvalue weighted by atomic mass is 32.2. The molecular weight excluding hydrogens is 428 g/mol. The van der Waals surface area contributed by atoms with Crippen molar-refractivity contribution in [2.24, 2.45) is 0 Å². The summed E-state index contributed by atoms with van der Waals surface area (Å²) in [7, 11) is 0. The largest absolute Gasteiger partial charge is 0.382 e. The number of nitrogens with zero attached hydrogens (tertiary/aromatic N) is 5. The van der Waals surface area contributed by atoms with E-state index in [9.17, 15) is 14.4 Å². The van der Waals surface area contributed by atoms with Gasteiger partial charge in [0.25, 0.3) is 11.5 Å². The highest BCUT2D eigenvalue weighted by Crippen LogP contribution is 2.20. The Morgan fingerprint density at radius 2 is 1.91 bits per heavy atom. The van der Waals surface area contributed by atoms with Gasteiger partial charge >= 0.3 is 0 Å². The zero-order valence-electron chi connectivity index (χ0n) is 18.0. The predicted molar refractivity (Wildman–Crippen MR) is 124 cm³/mol. The minimum Gasteiger partial charge on any atom is -0.382 e. The Morgan fingerprint density at radius 1 is 1.16 bits per heavy atom. The molecule has 3 heterocycles. The zero-order chi connectivity index (χ0) is 22.7.